The van der Waals surface area contributed by atoms with Gasteiger partial charge in [-0.15, -0.1) is 11.8 Å². The molecule has 1 atom stereocenters. The Bertz CT molecular complexity index is 1510. The molecule has 198 valence electrons. The van der Waals surface area contributed by atoms with Crippen LogP contribution in [0.3, 0.4) is 0 Å². The van der Waals surface area contributed by atoms with E-state index < -0.39 is 0 Å². The Balaban J connectivity index is 1.10. The van der Waals surface area contributed by atoms with E-state index in [1.807, 2.05) is 64.5 Å². The highest BCUT2D eigenvalue weighted by Gasteiger charge is 2.26. The zero-order chi connectivity index (χ0) is 26.8. The smallest absolute Gasteiger partial charge is 0.253 e. The molecule has 9 heteroatoms. The number of fused-ring (bicyclic) bond motifs is 1. The van der Waals surface area contributed by atoms with Gasteiger partial charge in [0.2, 0.25) is 5.91 Å². The molecule has 3 heterocycles. The van der Waals surface area contributed by atoms with Gasteiger partial charge >= 0.3 is 0 Å². The number of ether oxygens (including phenoxy) is 1. The number of amides is 2. The zero-order valence-corrected chi connectivity index (χ0v) is 22.5. The molecule has 0 N–H and O–H groups in total. The zero-order valence-electron chi connectivity index (χ0n) is 21.6. The lowest BCUT2D eigenvalue weighted by Gasteiger charge is -2.34. The minimum absolute atomic E-state index is 0.00767. The number of thioether (sulfide) groups is 1. The Hall–Kier alpha value is -4.24. The van der Waals surface area contributed by atoms with Crippen molar-refractivity contribution in [3.63, 3.8) is 0 Å². The summed E-state index contributed by atoms with van der Waals surface area (Å²) in [6, 6.07) is 23.6. The number of nitrogens with zero attached hydrogens (tertiary/aromatic N) is 5. The Morgan fingerprint density at radius 2 is 1.69 bits per heavy atom. The minimum Gasteiger partial charge on any atom is -0.497 e. The molecule has 2 amide bonds. The lowest BCUT2D eigenvalue weighted by Crippen LogP contribution is -2.51. The van der Waals surface area contributed by atoms with E-state index in [2.05, 4.69) is 45.9 Å². The van der Waals surface area contributed by atoms with E-state index >= 15 is 0 Å². The van der Waals surface area contributed by atoms with E-state index in [0.717, 1.165) is 22.3 Å². The Morgan fingerprint density at radius 1 is 0.949 bits per heavy atom. The molecule has 0 saturated carbocycles. The van der Waals surface area contributed by atoms with Crippen LogP contribution in [-0.4, -0.2) is 64.7 Å². The monoisotopic (exact) mass is 539 g/mol. The molecule has 3 aromatic carbocycles. The van der Waals surface area contributed by atoms with Crippen molar-refractivity contribution in [2.45, 2.75) is 11.9 Å². The molecule has 0 spiro atoms. The molecule has 6 rings (SSSR count). The number of aromatic nitrogens is 2. The van der Waals surface area contributed by atoms with Crippen LogP contribution in [0.1, 0.15) is 21.3 Å². The molecule has 1 aromatic heterocycles. The summed E-state index contributed by atoms with van der Waals surface area (Å²) in [6.07, 6.45) is 4.03. The van der Waals surface area contributed by atoms with Crippen molar-refractivity contribution in [3.05, 3.63) is 102 Å². The number of anilines is 1. The number of rotatable bonds is 6. The second-order valence-electron chi connectivity index (χ2n) is 9.56. The van der Waals surface area contributed by atoms with Crippen LogP contribution in [0, 0.1) is 0 Å². The normalized spacial score (nSPS) is 17.2. The molecule has 1 unspecified atom stereocenters. The minimum atomic E-state index is 0.00767. The van der Waals surface area contributed by atoms with E-state index in [4.69, 9.17) is 4.74 Å². The van der Waals surface area contributed by atoms with E-state index in [1.54, 1.807) is 23.6 Å². The second-order valence-corrected chi connectivity index (χ2v) is 10.6. The molecule has 0 bridgehead atoms. The first-order valence-electron chi connectivity index (χ1n) is 12.9. The van der Waals surface area contributed by atoms with Gasteiger partial charge in [-0.3, -0.25) is 14.3 Å². The van der Waals surface area contributed by atoms with Gasteiger partial charge < -0.3 is 19.4 Å². The molecule has 1 fully saturated rings. The van der Waals surface area contributed by atoms with Crippen LogP contribution in [0.15, 0.2) is 90.6 Å². The van der Waals surface area contributed by atoms with Crippen LogP contribution in [0.5, 0.6) is 5.75 Å². The molecule has 2 aliphatic rings. The predicted molar refractivity (Wildman–Crippen MR) is 154 cm³/mol. The molecule has 39 heavy (non-hydrogen) atoms. The summed E-state index contributed by atoms with van der Waals surface area (Å²) >= 11 is 1.76. The largest absolute Gasteiger partial charge is 0.497 e. The number of carbonyl (C=O) groups excluding carboxylic acids is 2. The second kappa shape index (κ2) is 10.9. The highest BCUT2D eigenvalue weighted by Crippen LogP contribution is 2.42. The first-order valence-corrected chi connectivity index (χ1v) is 13.9. The number of piperazine rings is 1. The van der Waals surface area contributed by atoms with Crippen LogP contribution in [0.2, 0.25) is 0 Å². The Kier molecular flexibility index (Phi) is 6.98. The third-order valence-corrected chi connectivity index (χ3v) is 8.19. The number of benzene rings is 3. The van der Waals surface area contributed by atoms with Gasteiger partial charge in [-0.1, -0.05) is 30.3 Å². The summed E-state index contributed by atoms with van der Waals surface area (Å²) < 4.78 is 7.02. The highest BCUT2D eigenvalue weighted by atomic mass is 32.2. The third kappa shape index (κ3) is 5.22. The van der Waals surface area contributed by atoms with Crippen LogP contribution in [-0.2, 0) is 11.3 Å². The Labute approximate surface area is 231 Å². The van der Waals surface area contributed by atoms with Crippen molar-refractivity contribution in [2.24, 2.45) is 0 Å². The van der Waals surface area contributed by atoms with E-state index in [1.165, 1.54) is 5.56 Å². The fraction of sp³-hybridized carbons (Fsp3) is 0.233. The number of hydrogen-bond donors (Lipinski definition) is 0. The summed E-state index contributed by atoms with van der Waals surface area (Å²) in [5, 5.41) is 7.87. The summed E-state index contributed by atoms with van der Waals surface area (Å²) in [6.45, 7) is 2.27. The van der Waals surface area contributed by atoms with Crippen LogP contribution in [0.4, 0.5) is 5.69 Å². The van der Waals surface area contributed by atoms with Gasteiger partial charge in [0, 0.05) is 55.2 Å². The quantitative estimate of drug-likeness (QED) is 0.352. The lowest BCUT2D eigenvalue weighted by molar-refractivity contribution is -0.133. The fourth-order valence-electron chi connectivity index (χ4n) is 5.01. The van der Waals surface area contributed by atoms with Crippen molar-refractivity contribution in [2.75, 3.05) is 38.2 Å². The van der Waals surface area contributed by atoms with Crippen LogP contribution >= 0.6 is 11.8 Å². The van der Waals surface area contributed by atoms with Gasteiger partial charge in [-0.25, -0.2) is 0 Å². The molecular formula is C30H29N5O3S. The first-order chi connectivity index (χ1) is 19.1. The summed E-state index contributed by atoms with van der Waals surface area (Å²) in [7, 11) is 1.67. The van der Waals surface area contributed by atoms with Gasteiger partial charge in [-0.2, -0.15) is 5.10 Å². The van der Waals surface area contributed by atoms with Crippen molar-refractivity contribution >= 4 is 40.2 Å². The Morgan fingerprint density at radius 3 is 2.44 bits per heavy atom. The van der Waals surface area contributed by atoms with Gasteiger partial charge in [0.05, 0.1) is 12.6 Å². The summed E-state index contributed by atoms with van der Waals surface area (Å²) in [5.74, 6) is 0.859. The molecule has 2 aliphatic heterocycles. The average Bonchev–Trinajstić information content (AvgIpc) is 3.64. The van der Waals surface area contributed by atoms with Crippen molar-refractivity contribution in [3.8, 4) is 5.75 Å². The van der Waals surface area contributed by atoms with Crippen molar-refractivity contribution in [1.82, 2.24) is 19.6 Å². The molecule has 8 nitrogen and oxygen atoms in total. The van der Waals surface area contributed by atoms with Gasteiger partial charge in [0.1, 0.15) is 17.7 Å². The molecule has 0 aliphatic carbocycles. The SMILES string of the molecule is COc1ccc(C2SC=CN2c2ccc3nn(CC(=O)N4CCN(C(=O)c5ccccc5)CC4)cc3c2)cc1. The van der Waals surface area contributed by atoms with Gasteiger partial charge in [0.25, 0.3) is 5.91 Å². The van der Waals surface area contributed by atoms with Crippen LogP contribution < -0.4 is 9.64 Å². The van der Waals surface area contributed by atoms with Crippen LogP contribution in [0.25, 0.3) is 10.9 Å². The van der Waals surface area contributed by atoms with Gasteiger partial charge in [-0.05, 0) is 53.4 Å². The predicted octanol–water partition coefficient (Wildman–Crippen LogP) is 4.75. The molecule has 4 aromatic rings. The fourth-order valence-corrected chi connectivity index (χ4v) is 6.00. The average molecular weight is 540 g/mol. The van der Waals surface area contributed by atoms with E-state index in [0.29, 0.717) is 31.7 Å². The first kappa shape index (κ1) is 25.1. The number of hydrogen-bond acceptors (Lipinski definition) is 6. The third-order valence-electron chi connectivity index (χ3n) is 7.15. The molecule has 1 saturated heterocycles. The number of methoxy groups -OCH3 is 1. The van der Waals surface area contributed by atoms with E-state index in [-0.39, 0.29) is 23.7 Å². The van der Waals surface area contributed by atoms with Crippen molar-refractivity contribution in [1.29, 1.82) is 0 Å². The maximum atomic E-state index is 13.0. The topological polar surface area (TPSA) is 70.9 Å². The standard InChI is InChI=1S/C30H29N5O3S/c1-38-26-10-7-23(8-11-26)30-35(17-18-39-30)25-9-12-27-24(19-25)20-34(31-27)21-28(36)32-13-15-33(16-14-32)29(37)22-5-3-2-4-6-22/h2-12,17-20,30H,13-16,21H2,1H3. The van der Waals surface area contributed by atoms with Crippen molar-refractivity contribution < 1.29 is 14.3 Å². The maximum Gasteiger partial charge on any atom is 0.253 e. The van der Waals surface area contributed by atoms with E-state index in [9.17, 15) is 9.59 Å². The maximum absolute atomic E-state index is 13.0. The van der Waals surface area contributed by atoms with Gasteiger partial charge in [0.15, 0.2) is 0 Å². The molecular weight excluding hydrogens is 510 g/mol. The molecule has 0 radical (unpaired) electrons. The summed E-state index contributed by atoms with van der Waals surface area (Å²) in [5.41, 5.74) is 3.78. The summed E-state index contributed by atoms with van der Waals surface area (Å²) in [4.78, 5) is 31.6. The number of carbonyl (C=O) groups is 2. The lowest BCUT2D eigenvalue weighted by atomic mass is 10.1. The highest BCUT2D eigenvalue weighted by molar-refractivity contribution is 8.02.